The Kier molecular flexibility index (Phi) is 1.36. The second kappa shape index (κ2) is 2.24. The molecule has 2 aromatic rings. The Balaban J connectivity index is 3.02. The van der Waals surface area contributed by atoms with E-state index in [9.17, 15) is 0 Å². The molecule has 0 saturated carbocycles. The largest absolute Gasteiger partial charge is 0.375 e. The summed E-state index contributed by atoms with van der Waals surface area (Å²) in [5, 5.41) is 6.97. The Morgan fingerprint density at radius 2 is 2.45 bits per heavy atom. The maximum Gasteiger partial charge on any atom is 0.181 e. The molecule has 2 rings (SSSR count). The van der Waals surface area contributed by atoms with E-state index in [0.717, 1.165) is 10.2 Å². The summed E-state index contributed by atoms with van der Waals surface area (Å²) in [4.78, 5) is 4.02. The van der Waals surface area contributed by atoms with Crippen LogP contribution in [0.15, 0.2) is 6.20 Å². The third-order valence-electron chi connectivity index (χ3n) is 1.23. The molecule has 3 N–H and O–H groups in total. The summed E-state index contributed by atoms with van der Waals surface area (Å²) < 4.78 is 1.49. The number of fused-ring (bicyclic) bond motifs is 1. The van der Waals surface area contributed by atoms with Gasteiger partial charge in [-0.3, -0.25) is 5.10 Å². The van der Waals surface area contributed by atoms with Gasteiger partial charge in [-0.15, -0.1) is 0 Å². The maximum absolute atomic E-state index is 5.48. The Morgan fingerprint density at radius 1 is 1.64 bits per heavy atom. The molecule has 0 unspecified atom stereocenters. The molecule has 0 aliphatic heterocycles. The van der Waals surface area contributed by atoms with Crippen molar-refractivity contribution in [2.24, 2.45) is 0 Å². The first-order chi connectivity index (χ1) is 5.27. The highest BCUT2D eigenvalue weighted by Gasteiger charge is 2.00. The smallest absolute Gasteiger partial charge is 0.181 e. The van der Waals surface area contributed by atoms with Crippen molar-refractivity contribution in [2.75, 3.05) is 5.73 Å². The topological polar surface area (TPSA) is 67.6 Å². The molecule has 11 heavy (non-hydrogen) atoms. The summed E-state index contributed by atoms with van der Waals surface area (Å²) in [5.41, 5.74) is 6.24. The number of aromatic amines is 1. The fourth-order valence-electron chi connectivity index (χ4n) is 0.802. The fraction of sp³-hybridized carbons (Fsp3) is 0. The van der Waals surface area contributed by atoms with Crippen molar-refractivity contribution in [2.45, 2.75) is 0 Å². The van der Waals surface area contributed by atoms with Crippen LogP contribution < -0.4 is 5.73 Å². The molecule has 0 amide bonds. The zero-order valence-corrected chi connectivity index (χ0v) is 7.00. The van der Waals surface area contributed by atoms with Gasteiger partial charge in [0.15, 0.2) is 5.13 Å². The fourth-order valence-corrected chi connectivity index (χ4v) is 1.78. The first-order valence-electron chi connectivity index (χ1n) is 2.87. The minimum absolute atomic E-state index is 0.521. The van der Waals surface area contributed by atoms with E-state index < -0.39 is 0 Å². The van der Waals surface area contributed by atoms with Crippen LogP contribution in [0.3, 0.4) is 0 Å². The molecule has 2 aromatic heterocycles. The average molecular weight is 184 g/mol. The predicted molar refractivity (Wildman–Crippen MR) is 47.0 cm³/mol. The van der Waals surface area contributed by atoms with Gasteiger partial charge >= 0.3 is 0 Å². The van der Waals surface area contributed by atoms with Crippen molar-refractivity contribution >= 4 is 38.9 Å². The first-order valence-corrected chi connectivity index (χ1v) is 4.09. The van der Waals surface area contributed by atoms with Crippen LogP contribution in [0.5, 0.6) is 0 Å². The van der Waals surface area contributed by atoms with Crippen molar-refractivity contribution in [1.29, 1.82) is 0 Å². The SMILES string of the molecule is Nc1nc2cn[nH]c(=S)c2s1. The van der Waals surface area contributed by atoms with Gasteiger partial charge in [0.25, 0.3) is 0 Å². The lowest BCUT2D eigenvalue weighted by molar-refractivity contribution is 1.04. The van der Waals surface area contributed by atoms with Crippen LogP contribution in [0.1, 0.15) is 0 Å². The number of rotatable bonds is 0. The van der Waals surface area contributed by atoms with E-state index >= 15 is 0 Å². The molecule has 0 fully saturated rings. The number of nitrogens with one attached hydrogen (secondary N) is 1. The minimum atomic E-state index is 0.521. The lowest BCUT2D eigenvalue weighted by atomic mass is 10.5. The molecule has 0 bridgehead atoms. The van der Waals surface area contributed by atoms with Crippen molar-refractivity contribution in [3.8, 4) is 0 Å². The van der Waals surface area contributed by atoms with E-state index in [0.29, 0.717) is 9.77 Å². The van der Waals surface area contributed by atoms with Crippen LogP contribution in [-0.2, 0) is 0 Å². The van der Waals surface area contributed by atoms with Crippen LogP contribution in [-0.4, -0.2) is 15.2 Å². The van der Waals surface area contributed by atoms with E-state index in [-0.39, 0.29) is 0 Å². The number of thiazole rings is 1. The van der Waals surface area contributed by atoms with Crippen LogP contribution in [0, 0.1) is 4.64 Å². The summed E-state index contributed by atoms with van der Waals surface area (Å²) in [5.74, 6) is 0. The molecule has 0 aliphatic carbocycles. The van der Waals surface area contributed by atoms with Crippen LogP contribution in [0.4, 0.5) is 5.13 Å². The van der Waals surface area contributed by atoms with E-state index in [4.69, 9.17) is 18.0 Å². The molecule has 6 heteroatoms. The third kappa shape index (κ3) is 0.997. The highest BCUT2D eigenvalue weighted by atomic mass is 32.1. The quantitative estimate of drug-likeness (QED) is 0.606. The number of nitrogens with two attached hydrogens (primary N) is 1. The second-order valence-corrected chi connectivity index (χ2v) is 3.40. The summed E-state index contributed by atoms with van der Waals surface area (Å²) in [6.45, 7) is 0. The van der Waals surface area contributed by atoms with Gasteiger partial charge < -0.3 is 5.73 Å². The van der Waals surface area contributed by atoms with Crippen molar-refractivity contribution < 1.29 is 0 Å². The van der Waals surface area contributed by atoms with Gasteiger partial charge in [0.2, 0.25) is 0 Å². The minimum Gasteiger partial charge on any atom is -0.375 e. The van der Waals surface area contributed by atoms with E-state index in [2.05, 4.69) is 15.2 Å². The van der Waals surface area contributed by atoms with Crippen LogP contribution in [0.25, 0.3) is 10.2 Å². The zero-order chi connectivity index (χ0) is 7.84. The maximum atomic E-state index is 5.48. The average Bonchev–Trinajstić information content (AvgIpc) is 2.31. The van der Waals surface area contributed by atoms with E-state index in [1.165, 1.54) is 11.3 Å². The van der Waals surface area contributed by atoms with Gasteiger partial charge in [-0.1, -0.05) is 23.6 Å². The monoisotopic (exact) mass is 184 g/mol. The number of H-pyrrole nitrogens is 1. The molecule has 0 atom stereocenters. The Labute approximate surface area is 71.1 Å². The van der Waals surface area contributed by atoms with Crippen molar-refractivity contribution in [3.63, 3.8) is 0 Å². The first kappa shape index (κ1) is 6.68. The molecule has 0 aromatic carbocycles. The number of nitrogens with zero attached hydrogens (tertiary/aromatic N) is 2. The molecule has 0 aliphatic rings. The molecule has 56 valence electrons. The Bertz CT molecular complexity index is 443. The molecule has 0 saturated heterocycles. The van der Waals surface area contributed by atoms with Gasteiger partial charge in [-0.05, 0) is 0 Å². The number of aromatic nitrogens is 3. The third-order valence-corrected chi connectivity index (χ3v) is 2.57. The lowest BCUT2D eigenvalue weighted by Crippen LogP contribution is -1.81. The number of nitrogen functional groups attached to an aromatic ring is 1. The highest BCUT2D eigenvalue weighted by molar-refractivity contribution is 7.71. The summed E-state index contributed by atoms with van der Waals surface area (Å²) in [6, 6.07) is 0. The van der Waals surface area contributed by atoms with Crippen LogP contribution >= 0.6 is 23.6 Å². The molecular formula is C5H4N4S2. The van der Waals surface area contributed by atoms with Gasteiger partial charge in [0.05, 0.1) is 10.9 Å². The zero-order valence-electron chi connectivity index (χ0n) is 5.37. The lowest BCUT2D eigenvalue weighted by Gasteiger charge is -1.83. The number of hydrogen-bond acceptors (Lipinski definition) is 5. The molecular weight excluding hydrogens is 180 g/mol. The van der Waals surface area contributed by atoms with Gasteiger partial charge in [-0.25, -0.2) is 4.98 Å². The predicted octanol–water partition coefficient (Wildman–Crippen LogP) is 1.33. The normalized spacial score (nSPS) is 10.5. The Morgan fingerprint density at radius 3 is 3.18 bits per heavy atom. The van der Waals surface area contributed by atoms with Gasteiger partial charge in [-0.2, -0.15) is 5.10 Å². The van der Waals surface area contributed by atoms with Crippen LogP contribution in [0.2, 0.25) is 0 Å². The number of hydrogen-bond donors (Lipinski definition) is 2. The molecule has 0 radical (unpaired) electrons. The highest BCUT2D eigenvalue weighted by Crippen LogP contribution is 2.22. The van der Waals surface area contributed by atoms with Gasteiger partial charge in [0, 0.05) is 0 Å². The molecule has 0 spiro atoms. The van der Waals surface area contributed by atoms with Gasteiger partial charge in [0.1, 0.15) is 10.2 Å². The van der Waals surface area contributed by atoms with E-state index in [1.807, 2.05) is 0 Å². The van der Waals surface area contributed by atoms with E-state index in [1.54, 1.807) is 6.20 Å². The molecule has 2 heterocycles. The standard InChI is InChI=1S/C5H4N4S2/c6-5-8-2-1-7-9-4(10)3(2)11-5/h1H,(H2,6,8)(H,9,10). The molecule has 4 nitrogen and oxygen atoms in total. The number of anilines is 1. The van der Waals surface area contributed by atoms with Crippen molar-refractivity contribution in [1.82, 2.24) is 15.2 Å². The summed E-state index contributed by atoms with van der Waals surface area (Å²) in [6.07, 6.45) is 1.61. The summed E-state index contributed by atoms with van der Waals surface area (Å²) in [7, 11) is 0. The van der Waals surface area contributed by atoms with Crippen molar-refractivity contribution in [3.05, 3.63) is 10.8 Å². The second-order valence-electron chi connectivity index (χ2n) is 1.97. The summed E-state index contributed by atoms with van der Waals surface area (Å²) >= 11 is 6.33. The Hall–Kier alpha value is -1.01.